The van der Waals surface area contributed by atoms with Crippen LogP contribution in [0.2, 0.25) is 0 Å². The van der Waals surface area contributed by atoms with Crippen LogP contribution in [0.4, 0.5) is 0 Å². The maximum absolute atomic E-state index is 10.7. The predicted octanol–water partition coefficient (Wildman–Crippen LogP) is 2.45. The lowest BCUT2D eigenvalue weighted by Gasteiger charge is -2.23. The second-order valence-corrected chi connectivity index (χ2v) is 3.05. The average Bonchev–Trinajstić information content (AvgIpc) is 2.13. The van der Waals surface area contributed by atoms with Crippen LogP contribution < -0.4 is 0 Å². The summed E-state index contributed by atoms with van der Waals surface area (Å²) in [5.41, 5.74) is -0.329. The second-order valence-electron chi connectivity index (χ2n) is 3.05. The Balaban J connectivity index is 3.80. The van der Waals surface area contributed by atoms with E-state index in [-0.39, 0.29) is 11.6 Å². The van der Waals surface area contributed by atoms with Crippen LogP contribution in [0.1, 0.15) is 47.0 Å². The highest BCUT2D eigenvalue weighted by Gasteiger charge is 2.23. The molecule has 0 rings (SSSR count). The number of rotatable bonds is 5. The lowest BCUT2D eigenvalue weighted by atomic mass is 10.0. The van der Waals surface area contributed by atoms with Gasteiger partial charge in [0.05, 0.1) is 0 Å². The fourth-order valence-corrected chi connectivity index (χ4v) is 0.574. The minimum absolute atomic E-state index is 0.317. The SMILES string of the molecule is CCC(=O)OOC(C)(CC)CC. The quantitative estimate of drug-likeness (QED) is 0.474. The summed E-state index contributed by atoms with van der Waals surface area (Å²) in [5.74, 6) is -0.317. The maximum Gasteiger partial charge on any atom is 0.342 e. The number of hydrogen-bond acceptors (Lipinski definition) is 3. The maximum atomic E-state index is 10.7. The molecule has 0 amide bonds. The Kier molecular flexibility index (Phi) is 4.90. The summed E-state index contributed by atoms with van der Waals surface area (Å²) in [5, 5.41) is 0. The van der Waals surface area contributed by atoms with E-state index in [9.17, 15) is 4.79 Å². The molecule has 0 spiro atoms. The zero-order chi connectivity index (χ0) is 9.61. The molecule has 0 unspecified atom stereocenters. The Bertz CT molecular complexity index is 139. The summed E-state index contributed by atoms with van der Waals surface area (Å²) in [6, 6.07) is 0. The average molecular weight is 174 g/mol. The van der Waals surface area contributed by atoms with Crippen LogP contribution in [-0.4, -0.2) is 11.6 Å². The smallest absolute Gasteiger partial charge is 0.298 e. The van der Waals surface area contributed by atoms with Gasteiger partial charge in [-0.1, -0.05) is 20.8 Å². The Morgan fingerprint density at radius 1 is 1.25 bits per heavy atom. The molecule has 0 heterocycles. The van der Waals surface area contributed by atoms with Crippen molar-refractivity contribution in [2.45, 2.75) is 52.6 Å². The molecule has 0 radical (unpaired) electrons. The molecule has 0 aliphatic heterocycles. The van der Waals surface area contributed by atoms with Gasteiger partial charge in [-0.15, -0.1) is 0 Å². The molecular weight excluding hydrogens is 156 g/mol. The van der Waals surface area contributed by atoms with Crippen molar-refractivity contribution in [3.05, 3.63) is 0 Å². The van der Waals surface area contributed by atoms with Gasteiger partial charge >= 0.3 is 5.97 Å². The largest absolute Gasteiger partial charge is 0.342 e. The van der Waals surface area contributed by atoms with Gasteiger partial charge < -0.3 is 0 Å². The Morgan fingerprint density at radius 3 is 2.08 bits per heavy atom. The molecule has 0 aromatic heterocycles. The highest BCUT2D eigenvalue weighted by atomic mass is 17.2. The third kappa shape index (κ3) is 3.72. The molecule has 0 aromatic rings. The van der Waals surface area contributed by atoms with E-state index >= 15 is 0 Å². The highest BCUT2D eigenvalue weighted by Crippen LogP contribution is 2.19. The van der Waals surface area contributed by atoms with Gasteiger partial charge in [0.15, 0.2) is 0 Å². The van der Waals surface area contributed by atoms with Gasteiger partial charge in [-0.2, -0.15) is 4.89 Å². The molecule has 0 bridgehead atoms. The van der Waals surface area contributed by atoms with Crippen molar-refractivity contribution in [3.63, 3.8) is 0 Å². The Labute approximate surface area is 74.0 Å². The number of hydrogen-bond donors (Lipinski definition) is 0. The molecule has 0 aromatic carbocycles. The van der Waals surface area contributed by atoms with Gasteiger partial charge in [0.1, 0.15) is 5.60 Å². The third-order valence-electron chi connectivity index (χ3n) is 2.12. The summed E-state index contributed by atoms with van der Waals surface area (Å²) >= 11 is 0. The number of carbonyl (C=O) groups excluding carboxylic acids is 1. The van der Waals surface area contributed by atoms with Crippen molar-refractivity contribution in [2.75, 3.05) is 0 Å². The lowest BCUT2D eigenvalue weighted by Crippen LogP contribution is -2.28. The molecule has 0 atom stereocenters. The molecule has 3 heteroatoms. The molecule has 0 aliphatic rings. The predicted molar refractivity (Wildman–Crippen MR) is 46.5 cm³/mol. The summed E-state index contributed by atoms with van der Waals surface area (Å²) in [6.45, 7) is 7.67. The van der Waals surface area contributed by atoms with Crippen molar-refractivity contribution in [3.8, 4) is 0 Å². The van der Waals surface area contributed by atoms with Crippen LogP contribution >= 0.6 is 0 Å². The van der Waals surface area contributed by atoms with Crippen molar-refractivity contribution < 1.29 is 14.6 Å². The summed E-state index contributed by atoms with van der Waals surface area (Å²) in [6.07, 6.45) is 2.02. The lowest BCUT2D eigenvalue weighted by molar-refractivity contribution is -0.330. The van der Waals surface area contributed by atoms with Crippen molar-refractivity contribution in [1.82, 2.24) is 0 Å². The normalized spacial score (nSPS) is 11.3. The molecule has 0 saturated carbocycles. The molecule has 0 N–H and O–H groups in total. The molecule has 3 nitrogen and oxygen atoms in total. The third-order valence-corrected chi connectivity index (χ3v) is 2.12. The van der Waals surface area contributed by atoms with Gasteiger partial charge in [0.25, 0.3) is 0 Å². The van der Waals surface area contributed by atoms with Crippen molar-refractivity contribution in [1.29, 1.82) is 0 Å². The van der Waals surface area contributed by atoms with Crippen LogP contribution in [0.5, 0.6) is 0 Å². The fourth-order valence-electron chi connectivity index (χ4n) is 0.574. The molecule has 0 saturated heterocycles. The standard InChI is InChI=1S/C9H18O3/c1-5-8(10)11-12-9(4,6-2)7-3/h5-7H2,1-4H3. The van der Waals surface area contributed by atoms with Crippen LogP contribution in [0.3, 0.4) is 0 Å². The first-order chi connectivity index (χ1) is 5.58. The molecule has 0 aliphatic carbocycles. The van der Waals surface area contributed by atoms with Crippen LogP contribution in [0, 0.1) is 0 Å². The van der Waals surface area contributed by atoms with Gasteiger partial charge in [-0.25, -0.2) is 4.79 Å². The topological polar surface area (TPSA) is 35.5 Å². The van der Waals surface area contributed by atoms with Gasteiger partial charge in [0, 0.05) is 6.42 Å². The zero-order valence-electron chi connectivity index (χ0n) is 8.35. The van der Waals surface area contributed by atoms with Crippen molar-refractivity contribution in [2.24, 2.45) is 0 Å². The van der Waals surface area contributed by atoms with Gasteiger partial charge in [-0.3, -0.25) is 4.89 Å². The van der Waals surface area contributed by atoms with E-state index in [0.717, 1.165) is 12.8 Å². The fraction of sp³-hybridized carbons (Fsp3) is 0.889. The van der Waals surface area contributed by atoms with E-state index < -0.39 is 0 Å². The molecule has 72 valence electrons. The summed E-state index contributed by atoms with van der Waals surface area (Å²) < 4.78 is 0. The first-order valence-electron chi connectivity index (χ1n) is 4.46. The minimum Gasteiger partial charge on any atom is -0.298 e. The van der Waals surface area contributed by atoms with E-state index in [1.807, 2.05) is 20.8 Å². The van der Waals surface area contributed by atoms with Crippen LogP contribution in [0.25, 0.3) is 0 Å². The molecule has 0 fully saturated rings. The van der Waals surface area contributed by atoms with Crippen molar-refractivity contribution >= 4 is 5.97 Å². The van der Waals surface area contributed by atoms with Gasteiger partial charge in [-0.05, 0) is 19.8 Å². The first kappa shape index (κ1) is 11.4. The Hall–Kier alpha value is -0.570. The molecular formula is C9H18O3. The van der Waals surface area contributed by atoms with Gasteiger partial charge in [0.2, 0.25) is 0 Å². The molecule has 12 heavy (non-hydrogen) atoms. The monoisotopic (exact) mass is 174 g/mol. The highest BCUT2D eigenvalue weighted by molar-refractivity contribution is 5.68. The first-order valence-corrected chi connectivity index (χ1v) is 4.46. The zero-order valence-corrected chi connectivity index (χ0v) is 8.35. The van der Waals surface area contributed by atoms with Crippen LogP contribution in [-0.2, 0) is 14.6 Å². The van der Waals surface area contributed by atoms with E-state index in [1.165, 1.54) is 0 Å². The summed E-state index contributed by atoms with van der Waals surface area (Å²) in [7, 11) is 0. The number of carbonyl (C=O) groups is 1. The second kappa shape index (κ2) is 5.14. The van der Waals surface area contributed by atoms with E-state index in [4.69, 9.17) is 4.89 Å². The Morgan fingerprint density at radius 2 is 1.75 bits per heavy atom. The van der Waals surface area contributed by atoms with E-state index in [0.29, 0.717) is 6.42 Å². The van der Waals surface area contributed by atoms with Crippen LogP contribution in [0.15, 0.2) is 0 Å². The van der Waals surface area contributed by atoms with E-state index in [2.05, 4.69) is 4.89 Å². The minimum atomic E-state index is -0.329. The van der Waals surface area contributed by atoms with E-state index in [1.54, 1.807) is 6.92 Å². The summed E-state index contributed by atoms with van der Waals surface area (Å²) in [4.78, 5) is 20.4.